The fourth-order valence-electron chi connectivity index (χ4n) is 1.82. The molecule has 0 aliphatic heterocycles. The summed E-state index contributed by atoms with van der Waals surface area (Å²) in [5.41, 5.74) is 2.69. The average molecular weight is 305 g/mol. The van der Waals surface area contributed by atoms with Gasteiger partial charge in [-0.05, 0) is 18.6 Å². The van der Waals surface area contributed by atoms with Gasteiger partial charge in [-0.2, -0.15) is 5.10 Å². The lowest BCUT2D eigenvalue weighted by molar-refractivity contribution is 0.176. The molecule has 0 aliphatic carbocycles. The predicted molar refractivity (Wildman–Crippen MR) is 75.6 cm³/mol. The van der Waals surface area contributed by atoms with Crippen molar-refractivity contribution in [2.24, 2.45) is 7.05 Å². The zero-order valence-electron chi connectivity index (χ0n) is 10.2. The van der Waals surface area contributed by atoms with Crippen LogP contribution in [-0.4, -0.2) is 14.9 Å². The number of aryl methyl sites for hydroxylation is 2. The first kappa shape index (κ1) is 13.9. The molecule has 0 aliphatic rings. The Bertz CT molecular complexity index is 550. The molecule has 1 unspecified atom stereocenters. The summed E-state index contributed by atoms with van der Waals surface area (Å²) < 4.78 is 2.93. The molecule has 0 aromatic carbocycles. The van der Waals surface area contributed by atoms with Crippen LogP contribution in [0.3, 0.4) is 0 Å². The van der Waals surface area contributed by atoms with Crippen molar-refractivity contribution in [3.8, 4) is 0 Å². The van der Waals surface area contributed by atoms with Crippen molar-refractivity contribution in [3.05, 3.63) is 37.8 Å². The van der Waals surface area contributed by atoms with Crippen LogP contribution in [0.2, 0.25) is 8.67 Å². The molecule has 0 saturated carbocycles. The fraction of sp³-hybridized carbons (Fsp3) is 0.417. The van der Waals surface area contributed by atoms with Crippen molar-refractivity contribution in [2.45, 2.75) is 25.9 Å². The highest BCUT2D eigenvalue weighted by Crippen LogP contribution is 2.36. The van der Waals surface area contributed by atoms with Gasteiger partial charge in [-0.25, -0.2) is 0 Å². The van der Waals surface area contributed by atoms with Crippen LogP contribution < -0.4 is 0 Å². The maximum Gasteiger partial charge on any atom is 0.100 e. The molecule has 3 nitrogen and oxygen atoms in total. The highest BCUT2D eigenvalue weighted by atomic mass is 35.5. The highest BCUT2D eigenvalue weighted by Gasteiger charge is 2.17. The lowest BCUT2D eigenvalue weighted by Gasteiger charge is -2.09. The molecule has 6 heteroatoms. The quantitative estimate of drug-likeness (QED) is 0.936. The van der Waals surface area contributed by atoms with Crippen LogP contribution in [-0.2, 0) is 19.9 Å². The van der Waals surface area contributed by atoms with Gasteiger partial charge in [-0.1, -0.05) is 30.1 Å². The Morgan fingerprint density at radius 2 is 2.17 bits per heavy atom. The number of hydrogen-bond acceptors (Lipinski definition) is 3. The summed E-state index contributed by atoms with van der Waals surface area (Å²) >= 11 is 13.2. The van der Waals surface area contributed by atoms with Crippen molar-refractivity contribution >= 4 is 34.5 Å². The molecule has 2 rings (SSSR count). The molecule has 2 heterocycles. The number of thiophene rings is 1. The van der Waals surface area contributed by atoms with E-state index in [0.29, 0.717) is 20.7 Å². The van der Waals surface area contributed by atoms with Gasteiger partial charge >= 0.3 is 0 Å². The van der Waals surface area contributed by atoms with E-state index in [-0.39, 0.29) is 0 Å². The first-order valence-electron chi connectivity index (χ1n) is 5.65. The van der Waals surface area contributed by atoms with Gasteiger partial charge in [0.15, 0.2) is 0 Å². The van der Waals surface area contributed by atoms with Gasteiger partial charge in [0, 0.05) is 24.7 Å². The van der Waals surface area contributed by atoms with E-state index in [1.165, 1.54) is 11.3 Å². The molecule has 0 saturated heterocycles. The normalized spacial score (nSPS) is 12.9. The Hall–Kier alpha value is -0.550. The zero-order chi connectivity index (χ0) is 13.3. The second-order valence-electron chi connectivity index (χ2n) is 4.10. The van der Waals surface area contributed by atoms with Crippen LogP contribution >= 0.6 is 34.5 Å². The smallest absolute Gasteiger partial charge is 0.100 e. The summed E-state index contributed by atoms with van der Waals surface area (Å²) in [6, 6.07) is 3.72. The van der Waals surface area contributed by atoms with Crippen molar-refractivity contribution in [1.82, 2.24) is 9.78 Å². The summed E-state index contributed by atoms with van der Waals surface area (Å²) in [4.78, 5) is 0. The van der Waals surface area contributed by atoms with E-state index in [1.54, 1.807) is 10.7 Å². The molecule has 2 aromatic heterocycles. The minimum atomic E-state index is -0.652. The summed E-state index contributed by atoms with van der Waals surface area (Å²) in [6.45, 7) is 2.05. The topological polar surface area (TPSA) is 38.0 Å². The number of nitrogens with zero attached hydrogens (tertiary/aromatic N) is 2. The number of halogens is 2. The molecule has 2 aromatic rings. The Labute approximate surface area is 120 Å². The molecule has 0 spiro atoms. The van der Waals surface area contributed by atoms with Crippen molar-refractivity contribution in [1.29, 1.82) is 0 Å². The lowest BCUT2D eigenvalue weighted by atomic mass is 10.1. The summed E-state index contributed by atoms with van der Waals surface area (Å²) in [5.74, 6) is 0. The lowest BCUT2D eigenvalue weighted by Crippen LogP contribution is -2.06. The summed E-state index contributed by atoms with van der Waals surface area (Å²) in [7, 11) is 1.88. The van der Waals surface area contributed by atoms with Crippen LogP contribution in [0, 0.1) is 0 Å². The number of aliphatic hydroxyl groups is 1. The Morgan fingerprint density at radius 1 is 1.44 bits per heavy atom. The predicted octanol–water partition coefficient (Wildman–Crippen LogP) is 3.63. The zero-order valence-corrected chi connectivity index (χ0v) is 12.5. The second-order valence-corrected chi connectivity index (χ2v) is 6.39. The monoisotopic (exact) mass is 304 g/mol. The maximum absolute atomic E-state index is 10.2. The van der Waals surface area contributed by atoms with Crippen LogP contribution in [0.25, 0.3) is 0 Å². The minimum Gasteiger partial charge on any atom is -0.388 e. The fourth-order valence-corrected chi connectivity index (χ4v) is 3.39. The molecule has 98 valence electrons. The van der Waals surface area contributed by atoms with E-state index in [0.717, 1.165) is 17.8 Å². The molecular weight excluding hydrogens is 291 g/mol. The van der Waals surface area contributed by atoms with Gasteiger partial charge in [0.2, 0.25) is 0 Å². The third kappa shape index (κ3) is 2.88. The van der Waals surface area contributed by atoms with Crippen LogP contribution in [0.15, 0.2) is 12.1 Å². The molecule has 1 atom stereocenters. The Morgan fingerprint density at radius 3 is 2.67 bits per heavy atom. The van der Waals surface area contributed by atoms with Crippen LogP contribution in [0.5, 0.6) is 0 Å². The average Bonchev–Trinajstić information content (AvgIpc) is 2.82. The van der Waals surface area contributed by atoms with E-state index < -0.39 is 6.10 Å². The van der Waals surface area contributed by atoms with E-state index in [9.17, 15) is 5.11 Å². The minimum absolute atomic E-state index is 0.482. The maximum atomic E-state index is 10.2. The van der Waals surface area contributed by atoms with Crippen LogP contribution in [0.4, 0.5) is 0 Å². The number of aliphatic hydroxyl groups excluding tert-OH is 1. The number of aromatic nitrogens is 2. The number of hydrogen-bond donors (Lipinski definition) is 1. The molecule has 0 radical (unpaired) electrons. The Balaban J connectivity index is 2.18. The first-order chi connectivity index (χ1) is 8.51. The standard InChI is InChI=1S/C12H14Cl2N2OS/c1-3-7-4-8(16(2)15-7)5-10(17)9-6-11(13)18-12(9)14/h4,6,10,17H,3,5H2,1-2H3. The third-order valence-electron chi connectivity index (χ3n) is 2.83. The summed E-state index contributed by atoms with van der Waals surface area (Å²) in [6.07, 6.45) is 0.715. The van der Waals surface area contributed by atoms with E-state index in [1.807, 2.05) is 13.1 Å². The van der Waals surface area contributed by atoms with Gasteiger partial charge in [0.25, 0.3) is 0 Å². The van der Waals surface area contributed by atoms with Crippen molar-refractivity contribution < 1.29 is 5.11 Å². The molecule has 0 bridgehead atoms. The first-order valence-corrected chi connectivity index (χ1v) is 7.23. The molecule has 0 amide bonds. The largest absolute Gasteiger partial charge is 0.388 e. The Kier molecular flexibility index (Phi) is 4.33. The molecule has 18 heavy (non-hydrogen) atoms. The second kappa shape index (κ2) is 5.61. The van der Waals surface area contributed by atoms with Gasteiger partial charge in [0.1, 0.15) is 4.34 Å². The van der Waals surface area contributed by atoms with Gasteiger partial charge in [0.05, 0.1) is 16.1 Å². The van der Waals surface area contributed by atoms with E-state index in [4.69, 9.17) is 23.2 Å². The summed E-state index contributed by atoms with van der Waals surface area (Å²) in [5, 5.41) is 14.5. The molecule has 0 fully saturated rings. The SMILES string of the molecule is CCc1cc(CC(O)c2cc(Cl)sc2Cl)n(C)n1. The highest BCUT2D eigenvalue weighted by molar-refractivity contribution is 7.20. The molecular formula is C12H14Cl2N2OS. The van der Waals surface area contributed by atoms with Gasteiger partial charge in [-0.3, -0.25) is 4.68 Å². The van der Waals surface area contributed by atoms with E-state index in [2.05, 4.69) is 12.0 Å². The third-order valence-corrected chi connectivity index (χ3v) is 4.35. The van der Waals surface area contributed by atoms with Crippen LogP contribution in [0.1, 0.15) is 30.0 Å². The van der Waals surface area contributed by atoms with Crippen molar-refractivity contribution in [2.75, 3.05) is 0 Å². The number of rotatable bonds is 4. The van der Waals surface area contributed by atoms with E-state index >= 15 is 0 Å². The molecule has 1 N–H and O–H groups in total. The van der Waals surface area contributed by atoms with Gasteiger partial charge in [-0.15, -0.1) is 11.3 Å². The van der Waals surface area contributed by atoms with Crippen molar-refractivity contribution in [3.63, 3.8) is 0 Å². The van der Waals surface area contributed by atoms with Gasteiger partial charge < -0.3 is 5.11 Å².